The van der Waals surface area contributed by atoms with Crippen LogP contribution >= 0.6 is 11.6 Å². The van der Waals surface area contributed by atoms with Gasteiger partial charge in [0.15, 0.2) is 0 Å². The van der Waals surface area contributed by atoms with E-state index >= 15 is 0 Å². The number of hydrogen-bond donors (Lipinski definition) is 0. The first-order chi connectivity index (χ1) is 14.4. The molecule has 1 atom stereocenters. The van der Waals surface area contributed by atoms with Gasteiger partial charge in [0.2, 0.25) is 0 Å². The van der Waals surface area contributed by atoms with Gasteiger partial charge in [-0.1, -0.05) is 23.7 Å². The summed E-state index contributed by atoms with van der Waals surface area (Å²) in [6.07, 6.45) is 0. The number of anilines is 1. The molecule has 3 aromatic rings. The monoisotopic (exact) mass is 425 g/mol. The Kier molecular flexibility index (Phi) is 5.46. The molecule has 1 aliphatic rings. The smallest absolute Gasteiger partial charge is 0.270 e. The molecule has 30 heavy (non-hydrogen) atoms. The highest BCUT2D eigenvalue weighted by Crippen LogP contribution is 2.30. The molecule has 0 spiro atoms. The Morgan fingerprint density at radius 1 is 1.13 bits per heavy atom. The maximum Gasteiger partial charge on any atom is 0.270 e. The number of fused-ring (bicyclic) bond motifs is 1. The average Bonchev–Trinajstić information content (AvgIpc) is 2.76. The molecule has 0 unspecified atom stereocenters. The maximum atomic E-state index is 13.2. The molecule has 0 N–H and O–H groups in total. The van der Waals surface area contributed by atoms with Crippen LogP contribution < -0.4 is 10.5 Å². The Bertz CT molecular complexity index is 1190. The van der Waals surface area contributed by atoms with Gasteiger partial charge >= 0.3 is 0 Å². The first kappa shape index (κ1) is 20.3. The molecule has 4 rings (SSSR count). The minimum atomic E-state index is -0.341. The SMILES string of the molecule is C[C@@H](c1ccc(F)cc1)N1CCN(c2c(C#N)c(=O)n(C)c3ccc(Cl)nc23)CC1. The van der Waals surface area contributed by atoms with Crippen LogP contribution in [0.15, 0.2) is 41.2 Å². The third-order valence-corrected chi connectivity index (χ3v) is 6.03. The van der Waals surface area contributed by atoms with Gasteiger partial charge in [0.25, 0.3) is 5.56 Å². The molecule has 1 fully saturated rings. The van der Waals surface area contributed by atoms with E-state index in [9.17, 15) is 14.4 Å². The number of aromatic nitrogens is 2. The molecule has 8 heteroatoms. The summed E-state index contributed by atoms with van der Waals surface area (Å²) in [6.45, 7) is 4.84. The largest absolute Gasteiger partial charge is 0.366 e. The van der Waals surface area contributed by atoms with Gasteiger partial charge in [-0.2, -0.15) is 5.26 Å². The molecule has 0 amide bonds. The van der Waals surface area contributed by atoms with Gasteiger partial charge in [-0.15, -0.1) is 0 Å². The number of hydrogen-bond acceptors (Lipinski definition) is 5. The summed E-state index contributed by atoms with van der Waals surface area (Å²) in [6, 6.07) is 12.2. The van der Waals surface area contributed by atoms with Crippen molar-refractivity contribution in [3.63, 3.8) is 0 Å². The van der Waals surface area contributed by atoms with Gasteiger partial charge in [0.1, 0.15) is 28.1 Å². The first-order valence-electron chi connectivity index (χ1n) is 9.74. The lowest BCUT2D eigenvalue weighted by Gasteiger charge is -2.39. The summed E-state index contributed by atoms with van der Waals surface area (Å²) in [5.74, 6) is -0.247. The molecule has 2 aromatic heterocycles. The van der Waals surface area contributed by atoms with Crippen molar-refractivity contribution in [2.75, 3.05) is 31.1 Å². The summed E-state index contributed by atoms with van der Waals surface area (Å²) in [7, 11) is 1.63. The molecule has 0 aliphatic carbocycles. The highest BCUT2D eigenvalue weighted by Gasteiger charge is 2.27. The molecule has 1 aromatic carbocycles. The van der Waals surface area contributed by atoms with Gasteiger partial charge in [0, 0.05) is 39.3 Å². The Morgan fingerprint density at radius 3 is 2.43 bits per heavy atom. The number of pyridine rings is 2. The Morgan fingerprint density at radius 2 is 1.80 bits per heavy atom. The number of aryl methyl sites for hydroxylation is 1. The predicted molar refractivity (Wildman–Crippen MR) is 115 cm³/mol. The van der Waals surface area contributed by atoms with E-state index < -0.39 is 0 Å². The van der Waals surface area contributed by atoms with Crippen molar-refractivity contribution in [2.24, 2.45) is 7.05 Å². The van der Waals surface area contributed by atoms with Crippen LogP contribution in [0.1, 0.15) is 24.1 Å². The van der Waals surface area contributed by atoms with Crippen LogP contribution in [0.25, 0.3) is 11.0 Å². The van der Waals surface area contributed by atoms with E-state index in [0.717, 1.165) is 18.7 Å². The molecule has 6 nitrogen and oxygen atoms in total. The number of rotatable bonds is 3. The van der Waals surface area contributed by atoms with Gasteiger partial charge < -0.3 is 9.47 Å². The average molecular weight is 426 g/mol. The lowest BCUT2D eigenvalue weighted by atomic mass is 10.1. The van der Waals surface area contributed by atoms with Crippen LogP contribution in [0.2, 0.25) is 5.15 Å². The zero-order valence-corrected chi connectivity index (χ0v) is 17.5. The van der Waals surface area contributed by atoms with Crippen molar-refractivity contribution in [3.05, 3.63) is 68.8 Å². The molecule has 0 radical (unpaired) electrons. The molecule has 154 valence electrons. The number of halogens is 2. The quantitative estimate of drug-likeness (QED) is 0.601. The van der Waals surface area contributed by atoms with E-state index in [1.54, 1.807) is 31.3 Å². The second-order valence-electron chi connectivity index (χ2n) is 7.45. The van der Waals surface area contributed by atoms with Crippen LogP contribution in [-0.4, -0.2) is 40.6 Å². The van der Waals surface area contributed by atoms with Crippen molar-refractivity contribution in [1.29, 1.82) is 5.26 Å². The van der Waals surface area contributed by atoms with E-state index in [-0.39, 0.29) is 23.0 Å². The van der Waals surface area contributed by atoms with Crippen molar-refractivity contribution < 1.29 is 4.39 Å². The molecular weight excluding hydrogens is 405 g/mol. The fraction of sp³-hybridized carbons (Fsp3) is 0.318. The predicted octanol–water partition coefficient (Wildman–Crippen LogP) is 3.48. The number of piperazine rings is 1. The summed E-state index contributed by atoms with van der Waals surface area (Å²) < 4.78 is 14.7. The van der Waals surface area contributed by atoms with E-state index in [4.69, 9.17) is 11.6 Å². The van der Waals surface area contributed by atoms with Crippen molar-refractivity contribution in [3.8, 4) is 6.07 Å². The topological polar surface area (TPSA) is 65.2 Å². The van der Waals surface area contributed by atoms with E-state index in [0.29, 0.717) is 35.0 Å². The second kappa shape index (κ2) is 8.05. The van der Waals surface area contributed by atoms with Crippen molar-refractivity contribution >= 4 is 28.3 Å². The first-order valence-corrected chi connectivity index (χ1v) is 10.1. The second-order valence-corrected chi connectivity index (χ2v) is 7.84. The van der Waals surface area contributed by atoms with Crippen molar-refractivity contribution in [2.45, 2.75) is 13.0 Å². The molecule has 3 heterocycles. The lowest BCUT2D eigenvalue weighted by Crippen LogP contribution is -2.48. The lowest BCUT2D eigenvalue weighted by molar-refractivity contribution is 0.198. The zero-order chi connectivity index (χ0) is 21.4. The summed E-state index contributed by atoms with van der Waals surface area (Å²) >= 11 is 6.13. The Balaban J connectivity index is 1.66. The molecule has 0 bridgehead atoms. The van der Waals surface area contributed by atoms with E-state index in [1.807, 2.05) is 4.90 Å². The third kappa shape index (κ3) is 3.53. The zero-order valence-electron chi connectivity index (χ0n) is 16.8. The van der Waals surface area contributed by atoms with Gasteiger partial charge in [-0.05, 0) is 36.8 Å². The van der Waals surface area contributed by atoms with Crippen LogP contribution in [-0.2, 0) is 7.05 Å². The number of benzene rings is 1. The van der Waals surface area contributed by atoms with Crippen LogP contribution in [0, 0.1) is 17.1 Å². The maximum absolute atomic E-state index is 13.2. The molecule has 0 saturated carbocycles. The Labute approximate surface area is 178 Å². The highest BCUT2D eigenvalue weighted by molar-refractivity contribution is 6.29. The van der Waals surface area contributed by atoms with Gasteiger partial charge in [-0.25, -0.2) is 9.37 Å². The molecule has 1 aliphatic heterocycles. The van der Waals surface area contributed by atoms with E-state index in [2.05, 4.69) is 22.9 Å². The van der Waals surface area contributed by atoms with Crippen LogP contribution in [0.4, 0.5) is 10.1 Å². The van der Waals surface area contributed by atoms with Gasteiger partial charge in [0.05, 0.1) is 11.2 Å². The van der Waals surface area contributed by atoms with Gasteiger partial charge in [-0.3, -0.25) is 9.69 Å². The third-order valence-electron chi connectivity index (χ3n) is 5.82. The molecular formula is C22H21ClFN5O. The highest BCUT2D eigenvalue weighted by atomic mass is 35.5. The normalized spacial score (nSPS) is 15.9. The van der Waals surface area contributed by atoms with Crippen molar-refractivity contribution in [1.82, 2.24) is 14.5 Å². The minimum Gasteiger partial charge on any atom is -0.366 e. The van der Waals surface area contributed by atoms with Crippen LogP contribution in [0.3, 0.4) is 0 Å². The fourth-order valence-electron chi connectivity index (χ4n) is 4.06. The number of nitriles is 1. The fourth-order valence-corrected chi connectivity index (χ4v) is 4.21. The summed E-state index contributed by atoms with van der Waals surface area (Å²) in [4.78, 5) is 21.5. The standard InChI is InChI=1S/C22H21ClFN5O/c1-14(15-3-5-16(24)6-4-15)28-9-11-29(12-10-28)21-17(13-25)22(30)27(2)18-7-8-19(23)26-20(18)21/h3-8,14H,9-12H2,1-2H3/t14-/m0/s1. The minimum absolute atomic E-state index is 0.0831. The van der Waals surface area contributed by atoms with E-state index in [1.165, 1.54) is 16.7 Å². The number of nitrogens with zero attached hydrogens (tertiary/aromatic N) is 5. The Hall–Kier alpha value is -2.95. The molecule has 1 saturated heterocycles. The van der Waals surface area contributed by atoms with Crippen LogP contribution in [0.5, 0.6) is 0 Å². The summed E-state index contributed by atoms with van der Waals surface area (Å²) in [5.41, 5.74) is 2.54. The summed E-state index contributed by atoms with van der Waals surface area (Å²) in [5, 5.41) is 10.0.